The molecule has 0 radical (unpaired) electrons. The van der Waals surface area contributed by atoms with Crippen molar-refractivity contribution in [2.45, 2.75) is 258 Å². The number of unbranched alkanes of at least 4 members (excludes halogenated alkanes) is 33. The SMILES string of the molecule is CCCCCCCCCCCCCCCCCCCCCCCC(=O)NCCOP(=O)(O)OCC(O)COC(=O)CCCCCCCCCCCCCCCC. The maximum absolute atomic E-state index is 12.1. The molecule has 1 amide bonds. The van der Waals surface area contributed by atoms with Gasteiger partial charge in [-0.3, -0.25) is 18.6 Å². The number of carbonyl (C=O) groups is 2. The molecule has 0 aliphatic heterocycles. The van der Waals surface area contributed by atoms with Crippen LogP contribution < -0.4 is 5.32 Å². The molecule has 0 aromatic heterocycles. The molecule has 0 spiro atoms. The molecule has 9 nitrogen and oxygen atoms in total. The summed E-state index contributed by atoms with van der Waals surface area (Å²) in [5.74, 6) is -0.501. The predicted octanol–water partition coefficient (Wildman–Crippen LogP) is 13.6. The Morgan fingerprint density at radius 1 is 0.482 bits per heavy atom. The average Bonchev–Trinajstić information content (AvgIpc) is 3.18. The quantitative estimate of drug-likeness (QED) is 0.0314. The number of phosphoric acid groups is 1. The average molecular weight is 818 g/mol. The van der Waals surface area contributed by atoms with Gasteiger partial charge in [-0.1, -0.05) is 226 Å². The maximum atomic E-state index is 12.1. The molecule has 0 aliphatic rings. The van der Waals surface area contributed by atoms with Crippen LogP contribution in [0.5, 0.6) is 0 Å². The summed E-state index contributed by atoms with van der Waals surface area (Å²) in [6.45, 7) is 3.61. The van der Waals surface area contributed by atoms with Gasteiger partial charge in [0.25, 0.3) is 0 Å². The summed E-state index contributed by atoms with van der Waals surface area (Å²) >= 11 is 0. The van der Waals surface area contributed by atoms with Crippen molar-refractivity contribution in [3.8, 4) is 0 Å². The smallest absolute Gasteiger partial charge is 0.463 e. The molecule has 2 atom stereocenters. The Balaban J connectivity index is 3.51. The first kappa shape index (κ1) is 55.0. The highest BCUT2D eigenvalue weighted by Crippen LogP contribution is 2.42. The zero-order chi connectivity index (χ0) is 41.1. The van der Waals surface area contributed by atoms with E-state index in [-0.39, 0.29) is 25.7 Å². The lowest BCUT2D eigenvalue weighted by molar-refractivity contribution is -0.147. The first-order chi connectivity index (χ1) is 27.3. The summed E-state index contributed by atoms with van der Waals surface area (Å²) in [5, 5.41) is 12.7. The molecule has 0 fully saturated rings. The Labute approximate surface area is 346 Å². The maximum Gasteiger partial charge on any atom is 0.472 e. The van der Waals surface area contributed by atoms with E-state index in [1.807, 2.05) is 0 Å². The summed E-state index contributed by atoms with van der Waals surface area (Å²) in [7, 11) is -4.41. The van der Waals surface area contributed by atoms with Crippen molar-refractivity contribution >= 4 is 19.7 Å². The zero-order valence-electron chi connectivity index (χ0n) is 36.9. The molecule has 0 heterocycles. The van der Waals surface area contributed by atoms with Gasteiger partial charge in [0.05, 0.1) is 13.2 Å². The van der Waals surface area contributed by atoms with E-state index >= 15 is 0 Å². The first-order valence-electron chi connectivity index (χ1n) is 24.0. The third-order valence-corrected chi connectivity index (χ3v) is 11.8. The molecule has 0 aromatic rings. The fourth-order valence-corrected chi connectivity index (χ4v) is 7.91. The number of nitrogens with one attached hydrogen (secondary N) is 1. The number of rotatable bonds is 46. The van der Waals surface area contributed by atoms with Crippen LogP contribution >= 0.6 is 7.82 Å². The molecule has 0 aliphatic carbocycles. The van der Waals surface area contributed by atoms with Gasteiger partial charge in [0, 0.05) is 19.4 Å². The van der Waals surface area contributed by atoms with E-state index in [4.69, 9.17) is 13.8 Å². The second-order valence-corrected chi connectivity index (χ2v) is 17.9. The number of ether oxygens (including phenoxy) is 1. The van der Waals surface area contributed by atoms with Crippen LogP contribution in [0.1, 0.15) is 251 Å². The molecular weight excluding hydrogens is 725 g/mol. The van der Waals surface area contributed by atoms with Crippen LogP contribution in [-0.4, -0.2) is 54.3 Å². The van der Waals surface area contributed by atoms with Crippen molar-refractivity contribution < 1.29 is 37.9 Å². The minimum absolute atomic E-state index is 0.0887. The summed E-state index contributed by atoms with van der Waals surface area (Å²) in [6, 6.07) is 0. The van der Waals surface area contributed by atoms with E-state index in [2.05, 4.69) is 19.2 Å². The molecule has 0 saturated heterocycles. The van der Waals surface area contributed by atoms with Crippen LogP contribution in [0, 0.1) is 0 Å². The molecule has 334 valence electrons. The molecule has 0 bridgehead atoms. The summed E-state index contributed by atoms with van der Waals surface area (Å²) < 4.78 is 26.9. The summed E-state index contributed by atoms with van der Waals surface area (Å²) in [5.41, 5.74) is 0. The predicted molar refractivity (Wildman–Crippen MR) is 234 cm³/mol. The number of carbonyl (C=O) groups excluding carboxylic acids is 2. The number of phosphoric ester groups is 1. The Morgan fingerprint density at radius 3 is 1.16 bits per heavy atom. The highest BCUT2D eigenvalue weighted by Gasteiger charge is 2.23. The lowest BCUT2D eigenvalue weighted by atomic mass is 10.0. The molecular formula is C46H92NO8P. The van der Waals surface area contributed by atoms with Gasteiger partial charge in [0.1, 0.15) is 12.7 Å². The molecule has 2 unspecified atom stereocenters. The van der Waals surface area contributed by atoms with Crippen LogP contribution in [-0.2, 0) is 27.9 Å². The van der Waals surface area contributed by atoms with E-state index in [0.717, 1.165) is 38.5 Å². The Morgan fingerprint density at radius 2 is 0.804 bits per heavy atom. The lowest BCUT2D eigenvalue weighted by Crippen LogP contribution is -2.27. The number of aliphatic hydroxyl groups is 1. The van der Waals surface area contributed by atoms with E-state index in [1.165, 1.54) is 186 Å². The Hall–Kier alpha value is -0.990. The number of hydrogen-bond donors (Lipinski definition) is 3. The summed E-state index contributed by atoms with van der Waals surface area (Å²) in [6.07, 6.45) is 44.7. The third kappa shape index (κ3) is 44.1. The lowest BCUT2D eigenvalue weighted by Gasteiger charge is -2.15. The van der Waals surface area contributed by atoms with E-state index in [0.29, 0.717) is 12.8 Å². The van der Waals surface area contributed by atoms with Gasteiger partial charge in [-0.15, -0.1) is 0 Å². The van der Waals surface area contributed by atoms with Gasteiger partial charge in [-0.2, -0.15) is 0 Å². The van der Waals surface area contributed by atoms with E-state index in [9.17, 15) is 24.2 Å². The first-order valence-corrected chi connectivity index (χ1v) is 25.5. The third-order valence-electron chi connectivity index (χ3n) is 10.8. The molecule has 0 saturated carbocycles. The van der Waals surface area contributed by atoms with Crippen molar-refractivity contribution in [3.63, 3.8) is 0 Å². The number of amides is 1. The van der Waals surface area contributed by atoms with Crippen LogP contribution in [0.3, 0.4) is 0 Å². The highest BCUT2D eigenvalue weighted by molar-refractivity contribution is 7.47. The van der Waals surface area contributed by atoms with Gasteiger partial charge >= 0.3 is 13.8 Å². The van der Waals surface area contributed by atoms with Gasteiger partial charge in [0.15, 0.2) is 0 Å². The van der Waals surface area contributed by atoms with Crippen molar-refractivity contribution in [2.75, 3.05) is 26.4 Å². The van der Waals surface area contributed by atoms with E-state index in [1.54, 1.807) is 0 Å². The highest BCUT2D eigenvalue weighted by atomic mass is 31.2. The minimum Gasteiger partial charge on any atom is -0.463 e. The van der Waals surface area contributed by atoms with Crippen molar-refractivity contribution in [3.05, 3.63) is 0 Å². The van der Waals surface area contributed by atoms with E-state index < -0.39 is 26.5 Å². The van der Waals surface area contributed by atoms with Crippen LogP contribution in [0.25, 0.3) is 0 Å². The van der Waals surface area contributed by atoms with Crippen LogP contribution in [0.15, 0.2) is 0 Å². The normalized spacial score (nSPS) is 13.1. The second-order valence-electron chi connectivity index (χ2n) is 16.5. The molecule has 0 rings (SSSR count). The Bertz CT molecular complexity index is 891. The topological polar surface area (TPSA) is 131 Å². The number of aliphatic hydroxyl groups excluding tert-OH is 1. The second kappa shape index (κ2) is 43.6. The number of hydrogen-bond acceptors (Lipinski definition) is 7. The molecule has 0 aromatic carbocycles. The van der Waals surface area contributed by atoms with Crippen molar-refractivity contribution in [1.82, 2.24) is 5.32 Å². The monoisotopic (exact) mass is 818 g/mol. The number of esters is 1. The largest absolute Gasteiger partial charge is 0.472 e. The van der Waals surface area contributed by atoms with Crippen molar-refractivity contribution in [1.29, 1.82) is 0 Å². The van der Waals surface area contributed by atoms with Gasteiger partial charge < -0.3 is 20.1 Å². The fourth-order valence-electron chi connectivity index (χ4n) is 7.15. The van der Waals surface area contributed by atoms with Gasteiger partial charge in [0.2, 0.25) is 5.91 Å². The van der Waals surface area contributed by atoms with Crippen LogP contribution in [0.4, 0.5) is 0 Å². The zero-order valence-corrected chi connectivity index (χ0v) is 37.8. The van der Waals surface area contributed by atoms with Crippen molar-refractivity contribution in [2.24, 2.45) is 0 Å². The summed E-state index contributed by atoms with van der Waals surface area (Å²) in [4.78, 5) is 34.0. The standard InChI is InChI=1S/C46H92NO8P/c1-3-5-7-9-11-13-15-17-19-20-21-22-23-24-25-26-28-30-32-34-36-38-45(49)47-40-41-54-56(51,52)55-43-44(48)42-53-46(50)39-37-35-33-31-29-27-18-16-14-12-10-8-6-4-2/h44,48H,3-43H2,1-2H3,(H,47,49)(H,51,52). The Kier molecular flexibility index (Phi) is 42.8. The molecule has 10 heteroatoms. The minimum atomic E-state index is -4.41. The molecule has 3 N–H and O–H groups in total. The van der Waals surface area contributed by atoms with Crippen LogP contribution in [0.2, 0.25) is 0 Å². The van der Waals surface area contributed by atoms with Gasteiger partial charge in [-0.25, -0.2) is 4.57 Å². The fraction of sp³-hybridized carbons (Fsp3) is 0.957. The van der Waals surface area contributed by atoms with Gasteiger partial charge in [-0.05, 0) is 12.8 Å². The molecule has 56 heavy (non-hydrogen) atoms.